The minimum atomic E-state index is -1.17. The summed E-state index contributed by atoms with van der Waals surface area (Å²) in [6, 6.07) is 6.41. The van der Waals surface area contributed by atoms with Crippen molar-refractivity contribution in [2.75, 3.05) is 6.61 Å². The first-order valence-electron chi connectivity index (χ1n) is 5.76. The van der Waals surface area contributed by atoms with E-state index in [0.29, 0.717) is 5.56 Å². The molecule has 0 radical (unpaired) electrons. The number of aliphatic hydroxyl groups excluding tert-OH is 1. The summed E-state index contributed by atoms with van der Waals surface area (Å²) in [6.45, 7) is 5.93. The zero-order valence-corrected chi connectivity index (χ0v) is 10.5. The second-order valence-electron chi connectivity index (χ2n) is 3.14. The molecule has 0 aliphatic carbocycles. The maximum absolute atomic E-state index is 11.1. The quantitative estimate of drug-likeness (QED) is 0.789. The lowest BCUT2D eigenvalue weighted by atomic mass is 10.1. The third kappa shape index (κ3) is 5.92. The molecule has 17 heavy (non-hydrogen) atoms. The van der Waals surface area contributed by atoms with Crippen molar-refractivity contribution in [1.82, 2.24) is 0 Å². The Kier molecular flexibility index (Phi) is 7.80. The molecule has 1 unspecified atom stereocenters. The van der Waals surface area contributed by atoms with E-state index in [2.05, 4.69) is 4.74 Å². The van der Waals surface area contributed by atoms with Crippen LogP contribution in [-0.2, 0) is 16.0 Å². The van der Waals surface area contributed by atoms with Gasteiger partial charge in [0.05, 0.1) is 6.61 Å². The van der Waals surface area contributed by atoms with Crippen LogP contribution in [0, 0.1) is 0 Å². The maximum Gasteiger partial charge on any atom is 0.335 e. The lowest BCUT2D eigenvalue weighted by Gasteiger charge is -2.09. The molecular formula is C13H20O4. The number of hydrogen-bond acceptors (Lipinski definition) is 4. The third-order valence-electron chi connectivity index (χ3n) is 1.90. The molecule has 1 aromatic carbocycles. The van der Waals surface area contributed by atoms with E-state index in [1.165, 1.54) is 12.1 Å². The Balaban J connectivity index is 0.00000121. The lowest BCUT2D eigenvalue weighted by Crippen LogP contribution is -2.25. The van der Waals surface area contributed by atoms with Crippen LogP contribution in [0.4, 0.5) is 0 Å². The lowest BCUT2D eigenvalue weighted by molar-refractivity contribution is -0.152. The van der Waals surface area contributed by atoms with Crippen LogP contribution in [0.3, 0.4) is 0 Å². The van der Waals surface area contributed by atoms with Crippen molar-refractivity contribution >= 4 is 5.97 Å². The smallest absolute Gasteiger partial charge is 0.335 e. The molecule has 0 spiro atoms. The van der Waals surface area contributed by atoms with Gasteiger partial charge in [0, 0.05) is 6.42 Å². The van der Waals surface area contributed by atoms with Gasteiger partial charge in [-0.2, -0.15) is 0 Å². The normalized spacial score (nSPS) is 11.1. The van der Waals surface area contributed by atoms with Crippen LogP contribution in [0.25, 0.3) is 0 Å². The number of phenolic OH excluding ortho intramolecular Hbond substituents is 1. The number of ether oxygens (including phenoxy) is 1. The molecule has 0 heterocycles. The number of aliphatic hydroxyl groups is 1. The molecule has 96 valence electrons. The van der Waals surface area contributed by atoms with Crippen molar-refractivity contribution in [3.05, 3.63) is 29.8 Å². The molecule has 0 saturated carbocycles. The fourth-order valence-corrected chi connectivity index (χ4v) is 1.23. The largest absolute Gasteiger partial charge is 0.508 e. The van der Waals surface area contributed by atoms with Crippen molar-refractivity contribution in [3.63, 3.8) is 0 Å². The van der Waals surface area contributed by atoms with E-state index in [1.54, 1.807) is 19.1 Å². The number of rotatable bonds is 4. The first-order chi connectivity index (χ1) is 8.13. The van der Waals surface area contributed by atoms with E-state index < -0.39 is 12.1 Å². The number of aromatic hydroxyl groups is 1. The van der Waals surface area contributed by atoms with E-state index in [4.69, 9.17) is 0 Å². The van der Waals surface area contributed by atoms with Gasteiger partial charge in [-0.05, 0) is 24.6 Å². The van der Waals surface area contributed by atoms with E-state index in [9.17, 15) is 15.0 Å². The first-order valence-corrected chi connectivity index (χ1v) is 5.76. The summed E-state index contributed by atoms with van der Waals surface area (Å²) in [5.74, 6) is -0.524. The van der Waals surface area contributed by atoms with Crippen LogP contribution in [0.5, 0.6) is 5.75 Å². The van der Waals surface area contributed by atoms with Crippen molar-refractivity contribution in [2.24, 2.45) is 0 Å². The standard InChI is InChI=1S/C11H14O4.C2H6/c1-2-15-11(14)10(13)7-8-4-3-5-9(12)6-8;1-2/h3-6,10,12-13H,2,7H2,1H3;1-2H3. The summed E-state index contributed by atoms with van der Waals surface area (Å²) in [6.07, 6.45) is -1.03. The van der Waals surface area contributed by atoms with Crippen molar-refractivity contribution < 1.29 is 19.7 Å². The molecule has 1 aromatic rings. The monoisotopic (exact) mass is 240 g/mol. The van der Waals surface area contributed by atoms with Crippen LogP contribution in [-0.4, -0.2) is 28.9 Å². The number of carbonyl (C=O) groups is 1. The van der Waals surface area contributed by atoms with E-state index in [0.717, 1.165) is 0 Å². The molecule has 4 heteroatoms. The van der Waals surface area contributed by atoms with Crippen molar-refractivity contribution in [3.8, 4) is 5.75 Å². The Labute approximate surface area is 102 Å². The Morgan fingerprint density at radius 2 is 2.06 bits per heavy atom. The minimum Gasteiger partial charge on any atom is -0.508 e. The molecule has 0 fully saturated rings. The van der Waals surface area contributed by atoms with Crippen LogP contribution in [0.2, 0.25) is 0 Å². The third-order valence-corrected chi connectivity index (χ3v) is 1.90. The van der Waals surface area contributed by atoms with Gasteiger partial charge in [-0.25, -0.2) is 4.79 Å². The summed E-state index contributed by atoms with van der Waals surface area (Å²) < 4.78 is 4.65. The fourth-order valence-electron chi connectivity index (χ4n) is 1.23. The highest BCUT2D eigenvalue weighted by Crippen LogP contribution is 2.12. The number of benzene rings is 1. The molecule has 2 N–H and O–H groups in total. The molecule has 0 aromatic heterocycles. The first kappa shape index (κ1) is 15.4. The Morgan fingerprint density at radius 1 is 1.41 bits per heavy atom. The van der Waals surface area contributed by atoms with Gasteiger partial charge in [0.1, 0.15) is 5.75 Å². The molecule has 1 rings (SSSR count). The van der Waals surface area contributed by atoms with Crippen LogP contribution in [0.1, 0.15) is 26.3 Å². The Morgan fingerprint density at radius 3 is 2.59 bits per heavy atom. The summed E-state index contributed by atoms with van der Waals surface area (Å²) in [5.41, 5.74) is 0.690. The van der Waals surface area contributed by atoms with E-state index in [1.807, 2.05) is 13.8 Å². The second kappa shape index (κ2) is 8.58. The summed E-state index contributed by atoms with van der Waals surface area (Å²) in [7, 11) is 0. The minimum absolute atomic E-state index is 0.114. The fraction of sp³-hybridized carbons (Fsp3) is 0.462. The van der Waals surface area contributed by atoms with E-state index in [-0.39, 0.29) is 18.8 Å². The van der Waals surface area contributed by atoms with Gasteiger partial charge < -0.3 is 14.9 Å². The molecule has 4 nitrogen and oxygen atoms in total. The van der Waals surface area contributed by atoms with Crippen molar-refractivity contribution in [1.29, 1.82) is 0 Å². The molecule has 0 aliphatic rings. The van der Waals surface area contributed by atoms with Crippen LogP contribution in [0.15, 0.2) is 24.3 Å². The highest BCUT2D eigenvalue weighted by Gasteiger charge is 2.16. The summed E-state index contributed by atoms with van der Waals surface area (Å²) in [4.78, 5) is 11.1. The van der Waals surface area contributed by atoms with Crippen LogP contribution >= 0.6 is 0 Å². The maximum atomic E-state index is 11.1. The molecule has 0 amide bonds. The van der Waals surface area contributed by atoms with Gasteiger partial charge in [0.2, 0.25) is 0 Å². The Bertz CT molecular complexity index is 336. The predicted molar refractivity (Wildman–Crippen MR) is 65.8 cm³/mol. The molecule has 1 atom stereocenters. The van der Waals surface area contributed by atoms with Gasteiger partial charge in [-0.3, -0.25) is 0 Å². The molecule has 0 bridgehead atoms. The van der Waals surface area contributed by atoms with Gasteiger partial charge in [-0.15, -0.1) is 0 Å². The summed E-state index contributed by atoms with van der Waals surface area (Å²) in [5, 5.41) is 18.6. The van der Waals surface area contributed by atoms with Gasteiger partial charge >= 0.3 is 5.97 Å². The number of phenols is 1. The number of hydrogen-bond donors (Lipinski definition) is 2. The van der Waals surface area contributed by atoms with Crippen LogP contribution < -0.4 is 0 Å². The zero-order valence-electron chi connectivity index (χ0n) is 10.5. The van der Waals surface area contributed by atoms with E-state index >= 15 is 0 Å². The number of carbonyl (C=O) groups excluding carboxylic acids is 1. The predicted octanol–water partition coefficient (Wildman–Crippen LogP) is 1.88. The summed E-state index contributed by atoms with van der Waals surface area (Å²) >= 11 is 0. The number of esters is 1. The average molecular weight is 240 g/mol. The average Bonchev–Trinajstić information content (AvgIpc) is 2.32. The molecule has 0 aliphatic heterocycles. The van der Waals surface area contributed by atoms with Gasteiger partial charge in [0.15, 0.2) is 6.10 Å². The highest BCUT2D eigenvalue weighted by molar-refractivity contribution is 5.74. The van der Waals surface area contributed by atoms with Gasteiger partial charge in [0.25, 0.3) is 0 Å². The zero-order chi connectivity index (χ0) is 13.3. The SMILES string of the molecule is CC.CCOC(=O)C(O)Cc1cccc(O)c1. The highest BCUT2D eigenvalue weighted by atomic mass is 16.5. The molecule has 0 saturated heterocycles. The Hall–Kier alpha value is -1.55. The van der Waals surface area contributed by atoms with Gasteiger partial charge in [-0.1, -0.05) is 26.0 Å². The molecular weight excluding hydrogens is 220 g/mol. The topological polar surface area (TPSA) is 66.8 Å². The second-order valence-corrected chi connectivity index (χ2v) is 3.14. The van der Waals surface area contributed by atoms with Crippen molar-refractivity contribution in [2.45, 2.75) is 33.3 Å².